The lowest BCUT2D eigenvalue weighted by Gasteiger charge is -2.12. The number of nitrogens with one attached hydrogen (secondary N) is 1. The van der Waals surface area contributed by atoms with Crippen LogP contribution in [0.1, 0.15) is 12.0 Å². The summed E-state index contributed by atoms with van der Waals surface area (Å²) in [7, 11) is 4.02. The molecule has 0 saturated heterocycles. The van der Waals surface area contributed by atoms with E-state index in [-0.39, 0.29) is 5.75 Å². The van der Waals surface area contributed by atoms with E-state index in [4.69, 9.17) is 0 Å². The van der Waals surface area contributed by atoms with Gasteiger partial charge in [-0.2, -0.15) is 0 Å². The number of alkyl halides is 3. The Hall–Kier alpha value is -0.790. The molecule has 114 valence electrons. The molecule has 1 aromatic carbocycles. The van der Waals surface area contributed by atoms with Crippen molar-refractivity contribution in [2.24, 2.45) is 0 Å². The first-order chi connectivity index (χ1) is 9.28. The van der Waals surface area contributed by atoms with Crippen molar-refractivity contribution in [3.05, 3.63) is 28.2 Å². The SMILES string of the molecule is CN(C)CCCNCc1ccc(OC(F)(F)F)c(Br)c1. The molecule has 0 bridgehead atoms. The van der Waals surface area contributed by atoms with Gasteiger partial charge in [-0.15, -0.1) is 13.2 Å². The molecule has 0 heterocycles. The van der Waals surface area contributed by atoms with Crippen LogP contribution < -0.4 is 10.1 Å². The summed E-state index contributed by atoms with van der Waals surface area (Å²) in [5, 5.41) is 3.24. The minimum Gasteiger partial charge on any atom is -0.405 e. The van der Waals surface area contributed by atoms with Crippen molar-refractivity contribution >= 4 is 15.9 Å². The molecule has 0 aliphatic heterocycles. The van der Waals surface area contributed by atoms with E-state index >= 15 is 0 Å². The number of halogens is 4. The molecule has 20 heavy (non-hydrogen) atoms. The van der Waals surface area contributed by atoms with Gasteiger partial charge in [0.1, 0.15) is 5.75 Å². The Balaban J connectivity index is 2.43. The van der Waals surface area contributed by atoms with Crippen LogP contribution in [0.5, 0.6) is 5.75 Å². The molecule has 0 spiro atoms. The maximum Gasteiger partial charge on any atom is 0.573 e. The van der Waals surface area contributed by atoms with Crippen LogP contribution in [0.4, 0.5) is 13.2 Å². The van der Waals surface area contributed by atoms with E-state index in [1.54, 1.807) is 12.1 Å². The molecule has 0 atom stereocenters. The molecule has 1 aromatic rings. The van der Waals surface area contributed by atoms with Crippen molar-refractivity contribution in [2.45, 2.75) is 19.3 Å². The number of ether oxygens (including phenoxy) is 1. The molecule has 0 fully saturated rings. The highest BCUT2D eigenvalue weighted by molar-refractivity contribution is 9.10. The molecular formula is C13H18BrF3N2O. The molecule has 3 nitrogen and oxygen atoms in total. The van der Waals surface area contributed by atoms with Gasteiger partial charge in [0, 0.05) is 6.54 Å². The maximum absolute atomic E-state index is 12.1. The van der Waals surface area contributed by atoms with Crippen LogP contribution >= 0.6 is 15.9 Å². The summed E-state index contributed by atoms with van der Waals surface area (Å²) in [6, 6.07) is 4.55. The van der Waals surface area contributed by atoms with Crippen molar-refractivity contribution in [2.75, 3.05) is 27.2 Å². The zero-order valence-electron chi connectivity index (χ0n) is 11.4. The maximum atomic E-state index is 12.1. The molecule has 0 saturated carbocycles. The van der Waals surface area contributed by atoms with Crippen molar-refractivity contribution in [3.63, 3.8) is 0 Å². The van der Waals surface area contributed by atoms with Gasteiger partial charge in [0.25, 0.3) is 0 Å². The topological polar surface area (TPSA) is 24.5 Å². The summed E-state index contributed by atoms with van der Waals surface area (Å²) in [5.41, 5.74) is 0.899. The summed E-state index contributed by atoms with van der Waals surface area (Å²) in [6.45, 7) is 2.46. The van der Waals surface area contributed by atoms with Crippen LogP contribution in [0.25, 0.3) is 0 Å². The molecule has 7 heteroatoms. The summed E-state index contributed by atoms with van der Waals surface area (Å²) < 4.78 is 40.5. The number of nitrogens with zero attached hydrogens (tertiary/aromatic N) is 1. The molecule has 0 aliphatic carbocycles. The van der Waals surface area contributed by atoms with E-state index in [0.717, 1.165) is 25.1 Å². The molecule has 1 N–H and O–H groups in total. The van der Waals surface area contributed by atoms with E-state index in [1.807, 2.05) is 14.1 Å². The molecular weight excluding hydrogens is 337 g/mol. The monoisotopic (exact) mass is 354 g/mol. The zero-order valence-corrected chi connectivity index (χ0v) is 13.0. The van der Waals surface area contributed by atoms with E-state index < -0.39 is 6.36 Å². The number of benzene rings is 1. The fourth-order valence-electron chi connectivity index (χ4n) is 1.61. The summed E-state index contributed by atoms with van der Waals surface area (Å²) in [5.74, 6) is -0.228. The number of hydrogen-bond acceptors (Lipinski definition) is 3. The number of rotatable bonds is 7. The Morgan fingerprint density at radius 1 is 1.30 bits per heavy atom. The summed E-state index contributed by atoms with van der Waals surface area (Å²) in [6.07, 6.45) is -3.65. The highest BCUT2D eigenvalue weighted by atomic mass is 79.9. The van der Waals surface area contributed by atoms with Crippen LogP contribution in [0.3, 0.4) is 0 Å². The normalized spacial score (nSPS) is 11.9. The Bertz CT molecular complexity index is 425. The van der Waals surface area contributed by atoms with E-state index in [2.05, 4.69) is 30.9 Å². The van der Waals surface area contributed by atoms with Crippen molar-refractivity contribution in [1.29, 1.82) is 0 Å². The van der Waals surface area contributed by atoms with Crippen molar-refractivity contribution < 1.29 is 17.9 Å². The first-order valence-electron chi connectivity index (χ1n) is 6.17. The van der Waals surface area contributed by atoms with Gasteiger partial charge >= 0.3 is 6.36 Å². The van der Waals surface area contributed by atoms with E-state index in [0.29, 0.717) is 11.0 Å². The number of hydrogen-bond donors (Lipinski definition) is 1. The second kappa shape index (κ2) is 7.85. The first kappa shape index (κ1) is 17.3. The third-order valence-electron chi connectivity index (χ3n) is 2.51. The Kier molecular flexibility index (Phi) is 6.78. The quantitative estimate of drug-likeness (QED) is 0.759. The van der Waals surface area contributed by atoms with Crippen LogP contribution in [-0.2, 0) is 6.54 Å². The van der Waals surface area contributed by atoms with Gasteiger partial charge in [0.2, 0.25) is 0 Å². The summed E-state index contributed by atoms with van der Waals surface area (Å²) in [4.78, 5) is 2.10. The Morgan fingerprint density at radius 2 is 2.00 bits per heavy atom. The first-order valence-corrected chi connectivity index (χ1v) is 6.97. The molecule has 0 radical (unpaired) electrons. The highest BCUT2D eigenvalue weighted by Gasteiger charge is 2.31. The average Bonchev–Trinajstić information content (AvgIpc) is 2.30. The highest BCUT2D eigenvalue weighted by Crippen LogP contribution is 2.30. The third-order valence-corrected chi connectivity index (χ3v) is 3.13. The van der Waals surface area contributed by atoms with Gasteiger partial charge < -0.3 is 15.0 Å². The van der Waals surface area contributed by atoms with Gasteiger partial charge in [-0.25, -0.2) is 0 Å². The van der Waals surface area contributed by atoms with E-state index in [1.165, 1.54) is 6.07 Å². The van der Waals surface area contributed by atoms with Crippen LogP contribution in [0, 0.1) is 0 Å². The van der Waals surface area contributed by atoms with Gasteiger partial charge in [0.05, 0.1) is 4.47 Å². The third kappa shape index (κ3) is 7.12. The minimum absolute atomic E-state index is 0.228. The average molecular weight is 355 g/mol. The van der Waals surface area contributed by atoms with Gasteiger partial charge in [-0.3, -0.25) is 0 Å². The van der Waals surface area contributed by atoms with Crippen LogP contribution in [0.15, 0.2) is 22.7 Å². The standard InChI is InChI=1S/C13H18BrF3N2O/c1-19(2)7-3-6-18-9-10-4-5-12(11(14)8-10)20-13(15,16)17/h4-5,8,18H,3,6-7,9H2,1-2H3. The van der Waals surface area contributed by atoms with Crippen LogP contribution in [0.2, 0.25) is 0 Å². The largest absolute Gasteiger partial charge is 0.573 e. The molecule has 0 unspecified atom stereocenters. The Labute approximate surface area is 125 Å². The van der Waals surface area contributed by atoms with Gasteiger partial charge in [0.15, 0.2) is 0 Å². The van der Waals surface area contributed by atoms with Gasteiger partial charge in [-0.05, 0) is 67.2 Å². The van der Waals surface area contributed by atoms with Gasteiger partial charge in [-0.1, -0.05) is 6.07 Å². The lowest BCUT2D eigenvalue weighted by atomic mass is 10.2. The Morgan fingerprint density at radius 3 is 2.55 bits per heavy atom. The second-order valence-electron chi connectivity index (χ2n) is 4.65. The van der Waals surface area contributed by atoms with Crippen molar-refractivity contribution in [1.82, 2.24) is 10.2 Å². The minimum atomic E-state index is -4.67. The molecule has 0 aliphatic rings. The lowest BCUT2D eigenvalue weighted by Crippen LogP contribution is -2.21. The zero-order chi connectivity index (χ0) is 15.2. The molecule has 0 amide bonds. The van der Waals surface area contributed by atoms with Crippen LogP contribution in [-0.4, -0.2) is 38.4 Å². The molecule has 0 aromatic heterocycles. The fraction of sp³-hybridized carbons (Fsp3) is 0.538. The fourth-order valence-corrected chi connectivity index (χ4v) is 2.12. The predicted octanol–water partition coefficient (Wildman–Crippen LogP) is 3.39. The predicted molar refractivity (Wildman–Crippen MR) is 75.7 cm³/mol. The summed E-state index contributed by atoms with van der Waals surface area (Å²) >= 11 is 3.08. The molecule has 1 rings (SSSR count). The van der Waals surface area contributed by atoms with Crippen molar-refractivity contribution in [3.8, 4) is 5.75 Å². The smallest absolute Gasteiger partial charge is 0.405 e. The lowest BCUT2D eigenvalue weighted by molar-refractivity contribution is -0.274. The van der Waals surface area contributed by atoms with E-state index in [9.17, 15) is 13.2 Å². The second-order valence-corrected chi connectivity index (χ2v) is 5.50.